The average Bonchev–Trinajstić information content (AvgIpc) is 2.63. The molecule has 1 aromatic rings. The van der Waals surface area contributed by atoms with E-state index in [1.165, 1.54) is 50.8 Å². The van der Waals surface area contributed by atoms with E-state index in [0.717, 1.165) is 24.4 Å². The fourth-order valence-electron chi connectivity index (χ4n) is 4.76. The molecule has 1 heterocycles. The van der Waals surface area contributed by atoms with Crippen molar-refractivity contribution >= 4 is 6.08 Å². The number of alkyl halides is 1. The molecule has 2 aliphatic carbocycles. The fourth-order valence-corrected chi connectivity index (χ4v) is 4.76. The van der Waals surface area contributed by atoms with Gasteiger partial charge in [-0.2, -0.15) is 0 Å². The highest BCUT2D eigenvalue weighted by molar-refractivity contribution is 5.54. The molecule has 2 saturated carbocycles. The molecule has 0 unspecified atom stereocenters. The van der Waals surface area contributed by atoms with Gasteiger partial charge in [-0.05, 0) is 62.5 Å². The summed E-state index contributed by atoms with van der Waals surface area (Å²) in [6.45, 7) is 2.42. The van der Waals surface area contributed by atoms with Crippen LogP contribution in [0, 0.1) is 0 Å². The first-order valence-electron chi connectivity index (χ1n) is 10.4. The molecule has 1 saturated heterocycles. The number of halogens is 1. The molecule has 3 fully saturated rings. The maximum absolute atomic E-state index is 15.3. The van der Waals surface area contributed by atoms with Crippen LogP contribution in [0.25, 0.3) is 6.08 Å². The maximum atomic E-state index is 15.3. The molecular formula is C23H32FNO. The van der Waals surface area contributed by atoms with Crippen molar-refractivity contribution in [3.05, 3.63) is 41.0 Å². The van der Waals surface area contributed by atoms with Crippen molar-refractivity contribution in [2.45, 2.75) is 75.6 Å². The van der Waals surface area contributed by atoms with E-state index in [1.807, 2.05) is 12.1 Å². The molecule has 1 aromatic carbocycles. The van der Waals surface area contributed by atoms with Crippen LogP contribution in [0.5, 0.6) is 0 Å². The van der Waals surface area contributed by atoms with Gasteiger partial charge in [0.25, 0.3) is 0 Å². The van der Waals surface area contributed by atoms with Gasteiger partial charge in [0.05, 0.1) is 6.10 Å². The standard InChI is InChI=1S/C23H32FNO/c1-26-22-9-13-23(24,14-10-22)20-7-5-18(6-8-20)17-19-11-15-25(16-12-19)21-3-2-4-21/h5-8,17,21-22H,2-4,9-16H2,1H3. The monoisotopic (exact) mass is 357 g/mol. The normalized spacial score (nSPS) is 30.8. The molecule has 1 aliphatic heterocycles. The summed E-state index contributed by atoms with van der Waals surface area (Å²) in [5.74, 6) is 0. The van der Waals surface area contributed by atoms with Crippen LogP contribution >= 0.6 is 0 Å². The van der Waals surface area contributed by atoms with Gasteiger partial charge in [0, 0.05) is 26.2 Å². The van der Waals surface area contributed by atoms with Gasteiger partial charge in [-0.1, -0.05) is 42.3 Å². The van der Waals surface area contributed by atoms with Crippen molar-refractivity contribution in [3.63, 3.8) is 0 Å². The Balaban J connectivity index is 1.36. The third-order valence-electron chi connectivity index (χ3n) is 6.89. The molecule has 26 heavy (non-hydrogen) atoms. The Morgan fingerprint density at radius 2 is 1.69 bits per heavy atom. The lowest BCUT2D eigenvalue weighted by molar-refractivity contribution is 0.00581. The molecule has 0 bridgehead atoms. The first-order chi connectivity index (χ1) is 12.7. The van der Waals surface area contributed by atoms with Gasteiger partial charge >= 0.3 is 0 Å². The van der Waals surface area contributed by atoms with E-state index in [0.29, 0.717) is 12.8 Å². The topological polar surface area (TPSA) is 12.5 Å². The van der Waals surface area contributed by atoms with E-state index in [1.54, 1.807) is 12.7 Å². The number of piperidine rings is 1. The number of nitrogens with zero attached hydrogens (tertiary/aromatic N) is 1. The summed E-state index contributed by atoms with van der Waals surface area (Å²) in [6.07, 6.45) is 11.9. The third kappa shape index (κ3) is 3.89. The Morgan fingerprint density at radius 1 is 1.04 bits per heavy atom. The second kappa shape index (κ2) is 7.82. The third-order valence-corrected chi connectivity index (χ3v) is 6.89. The van der Waals surface area contributed by atoms with Crippen LogP contribution in [0.2, 0.25) is 0 Å². The van der Waals surface area contributed by atoms with Crippen molar-refractivity contribution < 1.29 is 9.13 Å². The SMILES string of the molecule is COC1CCC(F)(c2ccc(C=C3CCN(C4CCC4)CC3)cc2)CC1. The van der Waals surface area contributed by atoms with Crippen LogP contribution < -0.4 is 0 Å². The number of methoxy groups -OCH3 is 1. The first kappa shape index (κ1) is 18.2. The highest BCUT2D eigenvalue weighted by Gasteiger charge is 2.36. The van der Waals surface area contributed by atoms with Crippen molar-refractivity contribution in [2.24, 2.45) is 0 Å². The number of ether oxygens (including phenoxy) is 1. The summed E-state index contributed by atoms with van der Waals surface area (Å²) in [6, 6.07) is 9.07. The first-order valence-corrected chi connectivity index (χ1v) is 10.4. The van der Waals surface area contributed by atoms with Gasteiger partial charge in [-0.15, -0.1) is 0 Å². The molecule has 142 valence electrons. The van der Waals surface area contributed by atoms with Crippen LogP contribution in [0.15, 0.2) is 29.8 Å². The van der Waals surface area contributed by atoms with Crippen molar-refractivity contribution in [2.75, 3.05) is 20.2 Å². The number of rotatable bonds is 4. The minimum absolute atomic E-state index is 0.230. The average molecular weight is 358 g/mol. The van der Waals surface area contributed by atoms with Gasteiger partial charge in [0.1, 0.15) is 5.67 Å². The van der Waals surface area contributed by atoms with E-state index in [4.69, 9.17) is 4.74 Å². The second-order valence-electron chi connectivity index (χ2n) is 8.45. The van der Waals surface area contributed by atoms with Gasteiger partial charge in [-0.3, -0.25) is 4.90 Å². The molecule has 2 nitrogen and oxygen atoms in total. The van der Waals surface area contributed by atoms with E-state index in [-0.39, 0.29) is 6.10 Å². The van der Waals surface area contributed by atoms with Crippen LogP contribution in [-0.4, -0.2) is 37.2 Å². The summed E-state index contributed by atoms with van der Waals surface area (Å²) in [5.41, 5.74) is 2.43. The highest BCUT2D eigenvalue weighted by atomic mass is 19.1. The largest absolute Gasteiger partial charge is 0.381 e. The van der Waals surface area contributed by atoms with Crippen LogP contribution in [-0.2, 0) is 10.4 Å². The zero-order valence-electron chi connectivity index (χ0n) is 16.1. The second-order valence-corrected chi connectivity index (χ2v) is 8.45. The number of likely N-dealkylation sites (tertiary alicyclic amines) is 1. The molecule has 0 radical (unpaired) electrons. The summed E-state index contributed by atoms with van der Waals surface area (Å²) in [4.78, 5) is 2.67. The van der Waals surface area contributed by atoms with E-state index >= 15 is 4.39 Å². The molecular weight excluding hydrogens is 325 g/mol. The minimum atomic E-state index is -1.17. The Morgan fingerprint density at radius 3 is 2.23 bits per heavy atom. The van der Waals surface area contributed by atoms with Crippen molar-refractivity contribution in [1.82, 2.24) is 4.90 Å². The lowest BCUT2D eigenvalue weighted by atomic mass is 9.80. The van der Waals surface area contributed by atoms with Crippen LogP contribution in [0.3, 0.4) is 0 Å². The predicted octanol–water partition coefficient (Wildman–Crippen LogP) is 5.47. The molecule has 0 aromatic heterocycles. The molecule has 0 atom stereocenters. The molecule has 4 rings (SSSR count). The lowest BCUT2D eigenvalue weighted by Gasteiger charge is -2.40. The molecule has 3 aliphatic rings. The van der Waals surface area contributed by atoms with Crippen molar-refractivity contribution in [3.8, 4) is 0 Å². The highest BCUT2D eigenvalue weighted by Crippen LogP contribution is 2.41. The lowest BCUT2D eigenvalue weighted by Crippen LogP contribution is -2.43. The summed E-state index contributed by atoms with van der Waals surface area (Å²) in [5, 5.41) is 0. The summed E-state index contributed by atoms with van der Waals surface area (Å²) < 4.78 is 20.7. The molecule has 0 spiro atoms. The van der Waals surface area contributed by atoms with Gasteiger partial charge < -0.3 is 4.74 Å². The van der Waals surface area contributed by atoms with Crippen LogP contribution in [0.1, 0.15) is 68.9 Å². The van der Waals surface area contributed by atoms with Gasteiger partial charge in [0.15, 0.2) is 0 Å². The Hall–Kier alpha value is -1.19. The molecule has 3 heteroatoms. The minimum Gasteiger partial charge on any atom is -0.381 e. The quantitative estimate of drug-likeness (QED) is 0.708. The number of hydrogen-bond acceptors (Lipinski definition) is 2. The van der Waals surface area contributed by atoms with Gasteiger partial charge in [0.2, 0.25) is 0 Å². The molecule has 0 amide bonds. The Labute approximate surface area is 157 Å². The zero-order chi connectivity index (χ0) is 18.0. The van der Waals surface area contributed by atoms with E-state index in [2.05, 4.69) is 23.1 Å². The predicted molar refractivity (Wildman–Crippen MR) is 105 cm³/mol. The summed E-state index contributed by atoms with van der Waals surface area (Å²) in [7, 11) is 1.73. The number of hydrogen-bond donors (Lipinski definition) is 0. The smallest absolute Gasteiger partial charge is 0.136 e. The maximum Gasteiger partial charge on any atom is 0.136 e. The molecule has 0 N–H and O–H groups in total. The Kier molecular flexibility index (Phi) is 5.47. The van der Waals surface area contributed by atoms with Crippen molar-refractivity contribution in [1.29, 1.82) is 0 Å². The fraction of sp³-hybridized carbons (Fsp3) is 0.652. The zero-order valence-corrected chi connectivity index (χ0v) is 16.1. The Bertz CT molecular complexity index is 616. The van der Waals surface area contributed by atoms with Gasteiger partial charge in [-0.25, -0.2) is 4.39 Å². The van der Waals surface area contributed by atoms with E-state index in [9.17, 15) is 0 Å². The summed E-state index contributed by atoms with van der Waals surface area (Å²) >= 11 is 0. The van der Waals surface area contributed by atoms with Crippen LogP contribution in [0.4, 0.5) is 4.39 Å². The van der Waals surface area contributed by atoms with E-state index < -0.39 is 5.67 Å². The number of benzene rings is 1.